The summed E-state index contributed by atoms with van der Waals surface area (Å²) in [4.78, 5) is 10.1. The molecule has 0 amide bonds. The largest absolute Gasteiger partial charge is 0.316 e. The first kappa shape index (κ1) is 18.8. The minimum Gasteiger partial charge on any atom is -0.316 e. The molecular formula is C11H18ClN3O4S. The minimum atomic E-state index is -3.72. The van der Waals surface area contributed by atoms with Gasteiger partial charge in [0, 0.05) is 24.7 Å². The van der Waals surface area contributed by atoms with Gasteiger partial charge in [0.2, 0.25) is 10.0 Å². The number of nitrogens with one attached hydrogen (secondary N) is 2. The second-order valence-electron chi connectivity index (χ2n) is 3.91. The molecule has 0 spiro atoms. The van der Waals surface area contributed by atoms with Crippen LogP contribution in [-0.4, -0.2) is 33.0 Å². The lowest BCUT2D eigenvalue weighted by Crippen LogP contribution is -2.32. The molecule has 0 radical (unpaired) electrons. The molecule has 7 nitrogen and oxygen atoms in total. The van der Waals surface area contributed by atoms with Crippen molar-refractivity contribution in [1.29, 1.82) is 0 Å². The molecule has 0 aliphatic rings. The highest BCUT2D eigenvalue weighted by atomic mass is 35.5. The number of nitro groups is 1. The number of sulfonamides is 1. The van der Waals surface area contributed by atoms with Gasteiger partial charge in [-0.1, -0.05) is 13.0 Å². The Hall–Kier alpha value is -1.22. The van der Waals surface area contributed by atoms with E-state index in [1.807, 2.05) is 6.92 Å². The van der Waals surface area contributed by atoms with Crippen molar-refractivity contribution in [2.45, 2.75) is 18.7 Å². The van der Waals surface area contributed by atoms with Gasteiger partial charge in [0.25, 0.3) is 5.69 Å². The second-order valence-corrected chi connectivity index (χ2v) is 5.64. The Morgan fingerprint density at radius 2 is 1.95 bits per heavy atom. The molecule has 1 aromatic carbocycles. The summed E-state index contributed by atoms with van der Waals surface area (Å²) in [6.07, 6.45) is 0. The average Bonchev–Trinajstić information content (AvgIpc) is 2.34. The van der Waals surface area contributed by atoms with Crippen LogP contribution in [0, 0.1) is 17.0 Å². The summed E-state index contributed by atoms with van der Waals surface area (Å²) in [6.45, 7) is 4.83. The fourth-order valence-corrected chi connectivity index (χ4v) is 2.91. The number of benzene rings is 1. The monoisotopic (exact) mass is 323 g/mol. The Bertz CT molecular complexity index is 563. The van der Waals surface area contributed by atoms with Gasteiger partial charge in [-0.3, -0.25) is 10.1 Å². The molecule has 0 aromatic heterocycles. The number of hydrogen-bond acceptors (Lipinski definition) is 5. The van der Waals surface area contributed by atoms with Crippen LogP contribution in [0.4, 0.5) is 5.69 Å². The normalized spacial score (nSPS) is 10.9. The Balaban J connectivity index is 0.00000361. The summed E-state index contributed by atoms with van der Waals surface area (Å²) >= 11 is 0. The molecule has 0 aliphatic carbocycles. The predicted octanol–water partition coefficient (Wildman–Crippen LogP) is 1.21. The van der Waals surface area contributed by atoms with E-state index in [1.165, 1.54) is 25.1 Å². The maximum absolute atomic E-state index is 12.0. The quantitative estimate of drug-likeness (QED) is 0.446. The molecule has 0 saturated heterocycles. The van der Waals surface area contributed by atoms with E-state index in [4.69, 9.17) is 0 Å². The van der Waals surface area contributed by atoms with Crippen LogP contribution in [0.3, 0.4) is 0 Å². The van der Waals surface area contributed by atoms with E-state index >= 15 is 0 Å². The summed E-state index contributed by atoms with van der Waals surface area (Å²) in [5, 5.41) is 13.8. The zero-order valence-electron chi connectivity index (χ0n) is 11.3. The third kappa shape index (κ3) is 4.71. The molecule has 9 heteroatoms. The second kappa shape index (κ2) is 8.15. The van der Waals surface area contributed by atoms with E-state index in [2.05, 4.69) is 10.0 Å². The van der Waals surface area contributed by atoms with Gasteiger partial charge < -0.3 is 5.32 Å². The van der Waals surface area contributed by atoms with Gasteiger partial charge in [0.05, 0.1) is 9.82 Å². The SMILES string of the molecule is CCNCCNS(=O)(=O)c1cccc([N+](=O)[O-])c1C.Cl. The predicted molar refractivity (Wildman–Crippen MR) is 78.8 cm³/mol. The smallest absolute Gasteiger partial charge is 0.273 e. The topological polar surface area (TPSA) is 101 Å². The van der Waals surface area contributed by atoms with Crippen molar-refractivity contribution < 1.29 is 13.3 Å². The van der Waals surface area contributed by atoms with Gasteiger partial charge in [-0.25, -0.2) is 13.1 Å². The van der Waals surface area contributed by atoms with Crippen molar-refractivity contribution in [3.8, 4) is 0 Å². The zero-order valence-corrected chi connectivity index (χ0v) is 12.9. The van der Waals surface area contributed by atoms with Crippen LogP contribution in [0.2, 0.25) is 0 Å². The highest BCUT2D eigenvalue weighted by Crippen LogP contribution is 2.24. The van der Waals surface area contributed by atoms with Gasteiger partial charge >= 0.3 is 0 Å². The van der Waals surface area contributed by atoms with Crippen molar-refractivity contribution in [3.05, 3.63) is 33.9 Å². The molecule has 0 fully saturated rings. The van der Waals surface area contributed by atoms with Crippen LogP contribution in [0.1, 0.15) is 12.5 Å². The molecule has 0 aliphatic heterocycles. The van der Waals surface area contributed by atoms with Crippen molar-refractivity contribution in [2.24, 2.45) is 0 Å². The van der Waals surface area contributed by atoms with Crippen molar-refractivity contribution >= 4 is 28.1 Å². The maximum Gasteiger partial charge on any atom is 0.273 e. The molecular weight excluding hydrogens is 306 g/mol. The first-order valence-electron chi connectivity index (χ1n) is 5.84. The lowest BCUT2D eigenvalue weighted by Gasteiger charge is -2.09. The van der Waals surface area contributed by atoms with Crippen LogP contribution in [0.5, 0.6) is 0 Å². The Morgan fingerprint density at radius 1 is 1.30 bits per heavy atom. The van der Waals surface area contributed by atoms with E-state index in [0.717, 1.165) is 6.54 Å². The molecule has 0 saturated carbocycles. The summed E-state index contributed by atoms with van der Waals surface area (Å²) in [5.41, 5.74) is -0.0574. The zero-order chi connectivity index (χ0) is 14.5. The number of likely N-dealkylation sites (N-methyl/N-ethyl adjacent to an activating group) is 1. The standard InChI is InChI=1S/C11H17N3O4S.ClH/c1-3-12-7-8-13-19(17,18)11-6-4-5-10(9(11)2)14(15)16;/h4-6,12-13H,3,7-8H2,1-2H3;1H. The summed E-state index contributed by atoms with van der Waals surface area (Å²) in [7, 11) is -3.72. The van der Waals surface area contributed by atoms with Crippen molar-refractivity contribution in [2.75, 3.05) is 19.6 Å². The molecule has 0 unspecified atom stereocenters. The molecule has 2 N–H and O–H groups in total. The fourth-order valence-electron chi connectivity index (χ4n) is 1.62. The van der Waals surface area contributed by atoms with E-state index in [0.29, 0.717) is 6.54 Å². The van der Waals surface area contributed by atoms with Crippen LogP contribution in [-0.2, 0) is 10.0 Å². The average molecular weight is 324 g/mol. The maximum atomic E-state index is 12.0. The van der Waals surface area contributed by atoms with Crippen molar-refractivity contribution in [1.82, 2.24) is 10.0 Å². The fraction of sp³-hybridized carbons (Fsp3) is 0.455. The summed E-state index contributed by atoms with van der Waals surface area (Å²) < 4.78 is 26.5. The highest BCUT2D eigenvalue weighted by molar-refractivity contribution is 7.89. The third-order valence-corrected chi connectivity index (χ3v) is 4.19. The van der Waals surface area contributed by atoms with E-state index in [1.54, 1.807) is 0 Å². The van der Waals surface area contributed by atoms with Crippen LogP contribution in [0.15, 0.2) is 23.1 Å². The van der Waals surface area contributed by atoms with Gasteiger partial charge in [-0.2, -0.15) is 0 Å². The summed E-state index contributed by atoms with van der Waals surface area (Å²) in [5.74, 6) is 0. The lowest BCUT2D eigenvalue weighted by molar-refractivity contribution is -0.385. The highest BCUT2D eigenvalue weighted by Gasteiger charge is 2.22. The molecule has 0 atom stereocenters. The van der Waals surface area contributed by atoms with Gasteiger partial charge in [-0.15, -0.1) is 12.4 Å². The van der Waals surface area contributed by atoms with Crippen molar-refractivity contribution in [3.63, 3.8) is 0 Å². The van der Waals surface area contributed by atoms with Crippen LogP contribution in [0.25, 0.3) is 0 Å². The van der Waals surface area contributed by atoms with E-state index in [-0.39, 0.29) is 35.1 Å². The third-order valence-electron chi connectivity index (χ3n) is 2.59. The van der Waals surface area contributed by atoms with E-state index in [9.17, 15) is 18.5 Å². The van der Waals surface area contributed by atoms with Crippen LogP contribution >= 0.6 is 12.4 Å². The summed E-state index contributed by atoms with van der Waals surface area (Å²) in [6, 6.07) is 4.01. The molecule has 0 bridgehead atoms. The molecule has 114 valence electrons. The first-order valence-corrected chi connectivity index (χ1v) is 7.33. The Kier molecular flexibility index (Phi) is 7.66. The minimum absolute atomic E-state index is 0. The Morgan fingerprint density at radius 3 is 2.50 bits per heavy atom. The lowest BCUT2D eigenvalue weighted by atomic mass is 10.2. The van der Waals surface area contributed by atoms with Gasteiger partial charge in [0.15, 0.2) is 0 Å². The molecule has 20 heavy (non-hydrogen) atoms. The van der Waals surface area contributed by atoms with Gasteiger partial charge in [0.1, 0.15) is 0 Å². The number of rotatable bonds is 7. The van der Waals surface area contributed by atoms with Crippen LogP contribution < -0.4 is 10.0 Å². The van der Waals surface area contributed by atoms with Gasteiger partial charge in [-0.05, 0) is 19.5 Å². The molecule has 0 heterocycles. The number of nitro benzene ring substituents is 1. The van der Waals surface area contributed by atoms with E-state index < -0.39 is 14.9 Å². The molecule has 1 aromatic rings. The number of halogens is 1. The number of hydrogen-bond donors (Lipinski definition) is 2. The molecule has 1 rings (SSSR count). The Labute approximate surface area is 124 Å². The number of nitrogens with zero attached hydrogens (tertiary/aromatic N) is 1. The first-order chi connectivity index (χ1) is 8.90.